The molecule has 0 radical (unpaired) electrons. The van der Waals surface area contributed by atoms with Crippen molar-refractivity contribution < 1.29 is 9.90 Å². The van der Waals surface area contributed by atoms with E-state index in [1.54, 1.807) is 0 Å². The van der Waals surface area contributed by atoms with Crippen LogP contribution in [0.1, 0.15) is 33.1 Å². The fourth-order valence-corrected chi connectivity index (χ4v) is 3.09. The molecule has 2 bridgehead atoms. The molecule has 1 saturated carbocycles. The Kier molecular flexibility index (Phi) is 2.52. The van der Waals surface area contributed by atoms with Crippen LogP contribution in [0.25, 0.3) is 0 Å². The Hall–Kier alpha value is -0.570. The summed E-state index contributed by atoms with van der Waals surface area (Å²) in [7, 11) is 0. The minimum atomic E-state index is -0.580. The number of carbonyl (C=O) groups is 1. The van der Waals surface area contributed by atoms with Crippen molar-refractivity contribution in [1.82, 2.24) is 4.90 Å². The molecule has 0 aromatic carbocycles. The van der Waals surface area contributed by atoms with Crippen LogP contribution in [0.2, 0.25) is 0 Å². The molecule has 3 atom stereocenters. The first-order chi connectivity index (χ1) is 6.59. The third kappa shape index (κ3) is 1.54. The Morgan fingerprint density at radius 1 is 1.43 bits per heavy atom. The smallest absolute Gasteiger partial charge is 0.306 e. The van der Waals surface area contributed by atoms with Crippen molar-refractivity contribution in [3.05, 3.63) is 0 Å². The molecular formula is C11H19NO2. The van der Waals surface area contributed by atoms with Gasteiger partial charge in [0.15, 0.2) is 0 Å². The van der Waals surface area contributed by atoms with Crippen LogP contribution in [-0.4, -0.2) is 34.6 Å². The fourth-order valence-electron chi connectivity index (χ4n) is 3.09. The third-order valence-electron chi connectivity index (χ3n) is 3.86. The van der Waals surface area contributed by atoms with Crippen LogP contribution in [0.3, 0.4) is 0 Å². The topological polar surface area (TPSA) is 40.5 Å². The lowest BCUT2D eigenvalue weighted by atomic mass is 9.71. The zero-order valence-electron chi connectivity index (χ0n) is 8.94. The lowest BCUT2D eigenvalue weighted by molar-refractivity contribution is -0.150. The van der Waals surface area contributed by atoms with E-state index >= 15 is 0 Å². The van der Waals surface area contributed by atoms with Crippen molar-refractivity contribution in [3.8, 4) is 0 Å². The van der Waals surface area contributed by atoms with Gasteiger partial charge in [0.2, 0.25) is 0 Å². The zero-order chi connectivity index (χ0) is 10.3. The predicted octanol–water partition coefficient (Wildman–Crippen LogP) is 1.58. The summed E-state index contributed by atoms with van der Waals surface area (Å²) in [5, 5.41) is 9.07. The van der Waals surface area contributed by atoms with E-state index in [9.17, 15) is 4.79 Å². The van der Waals surface area contributed by atoms with Crippen molar-refractivity contribution in [1.29, 1.82) is 0 Å². The molecule has 2 heterocycles. The quantitative estimate of drug-likeness (QED) is 0.730. The number of carboxylic acids is 1. The molecule has 0 amide bonds. The molecule has 1 N–H and O–H groups in total. The molecule has 3 rings (SSSR count). The average Bonchev–Trinajstić information content (AvgIpc) is 2.18. The monoisotopic (exact) mass is 197 g/mol. The number of fused-ring (bicyclic) bond motifs is 3. The Bertz CT molecular complexity index is 239. The fraction of sp³-hybridized carbons (Fsp3) is 0.909. The molecular weight excluding hydrogens is 178 g/mol. The van der Waals surface area contributed by atoms with Crippen molar-refractivity contribution in [2.75, 3.05) is 6.54 Å². The summed E-state index contributed by atoms with van der Waals surface area (Å²) >= 11 is 0. The summed E-state index contributed by atoms with van der Waals surface area (Å²) in [5.74, 6) is -0.244. The van der Waals surface area contributed by atoms with Crippen LogP contribution < -0.4 is 0 Å². The van der Waals surface area contributed by atoms with E-state index in [1.165, 1.54) is 6.42 Å². The van der Waals surface area contributed by atoms with Crippen molar-refractivity contribution in [2.24, 2.45) is 11.8 Å². The molecule has 3 fully saturated rings. The summed E-state index contributed by atoms with van der Waals surface area (Å²) in [5.41, 5.74) is 0. The SMILES string of the molecule is CC(C)N1CC2CCC1CC2C(=O)O. The average molecular weight is 197 g/mol. The molecule has 3 heteroatoms. The number of carboxylic acid groups (broad SMARTS) is 1. The van der Waals surface area contributed by atoms with Crippen molar-refractivity contribution in [2.45, 2.75) is 45.2 Å². The van der Waals surface area contributed by atoms with E-state index in [0.29, 0.717) is 18.0 Å². The predicted molar refractivity (Wildman–Crippen MR) is 54.1 cm³/mol. The largest absolute Gasteiger partial charge is 0.481 e. The summed E-state index contributed by atoms with van der Waals surface area (Å²) in [6.07, 6.45) is 3.19. The van der Waals surface area contributed by atoms with Gasteiger partial charge in [-0.2, -0.15) is 0 Å². The summed E-state index contributed by atoms with van der Waals surface area (Å²) in [6, 6.07) is 1.10. The van der Waals surface area contributed by atoms with Crippen LogP contribution in [0.5, 0.6) is 0 Å². The summed E-state index contributed by atoms with van der Waals surface area (Å²) in [4.78, 5) is 13.5. The van der Waals surface area contributed by atoms with Crippen LogP contribution >= 0.6 is 0 Å². The Balaban J connectivity index is 2.08. The lowest BCUT2D eigenvalue weighted by Crippen LogP contribution is -2.55. The van der Waals surface area contributed by atoms with Crippen molar-refractivity contribution >= 4 is 5.97 Å². The minimum Gasteiger partial charge on any atom is -0.481 e. The molecule has 14 heavy (non-hydrogen) atoms. The maximum atomic E-state index is 11.0. The van der Waals surface area contributed by atoms with Crippen LogP contribution in [0, 0.1) is 11.8 Å². The molecule has 1 aliphatic carbocycles. The summed E-state index contributed by atoms with van der Waals surface area (Å²) < 4.78 is 0. The maximum Gasteiger partial charge on any atom is 0.306 e. The maximum absolute atomic E-state index is 11.0. The van der Waals surface area contributed by atoms with Gasteiger partial charge in [0.25, 0.3) is 0 Å². The van der Waals surface area contributed by atoms with E-state index in [2.05, 4.69) is 18.7 Å². The zero-order valence-corrected chi connectivity index (χ0v) is 8.94. The number of aliphatic carboxylic acids is 1. The Labute approximate surface area is 85.1 Å². The molecule has 2 saturated heterocycles. The standard InChI is InChI=1S/C11H19NO2/c1-7(2)12-6-8-3-4-9(12)5-10(8)11(13)14/h7-10H,3-6H2,1-2H3,(H,13,14). The highest BCUT2D eigenvalue weighted by Gasteiger charge is 2.43. The molecule has 80 valence electrons. The Morgan fingerprint density at radius 3 is 2.57 bits per heavy atom. The first-order valence-electron chi connectivity index (χ1n) is 5.58. The molecule has 0 aromatic rings. The van der Waals surface area contributed by atoms with E-state index in [4.69, 9.17) is 5.11 Å². The van der Waals surface area contributed by atoms with Gasteiger partial charge in [-0.1, -0.05) is 0 Å². The van der Waals surface area contributed by atoms with Gasteiger partial charge >= 0.3 is 5.97 Å². The highest BCUT2D eigenvalue weighted by molar-refractivity contribution is 5.70. The number of nitrogens with zero attached hydrogens (tertiary/aromatic N) is 1. The van der Waals surface area contributed by atoms with E-state index in [1.807, 2.05) is 0 Å². The second kappa shape index (κ2) is 3.54. The normalized spacial score (nSPS) is 37.8. The summed E-state index contributed by atoms with van der Waals surface area (Å²) in [6.45, 7) is 5.41. The van der Waals surface area contributed by atoms with E-state index in [-0.39, 0.29) is 5.92 Å². The first kappa shape index (κ1) is 9.97. The molecule has 3 aliphatic rings. The molecule has 0 aromatic heterocycles. The first-order valence-corrected chi connectivity index (χ1v) is 5.58. The highest BCUT2D eigenvalue weighted by Crippen LogP contribution is 2.40. The van der Waals surface area contributed by atoms with E-state index in [0.717, 1.165) is 19.4 Å². The second-order valence-electron chi connectivity index (χ2n) is 4.96. The van der Waals surface area contributed by atoms with Crippen molar-refractivity contribution in [3.63, 3.8) is 0 Å². The molecule has 2 aliphatic heterocycles. The number of rotatable bonds is 2. The highest BCUT2D eigenvalue weighted by atomic mass is 16.4. The number of piperidine rings is 2. The van der Waals surface area contributed by atoms with Gasteiger partial charge in [-0.25, -0.2) is 0 Å². The minimum absolute atomic E-state index is 0.0660. The number of hydrogen-bond donors (Lipinski definition) is 1. The molecule has 3 unspecified atom stereocenters. The van der Waals surface area contributed by atoms with Gasteiger partial charge in [0.1, 0.15) is 0 Å². The third-order valence-corrected chi connectivity index (χ3v) is 3.86. The lowest BCUT2D eigenvalue weighted by Gasteiger charge is -2.50. The van der Waals surface area contributed by atoms with Gasteiger partial charge in [-0.15, -0.1) is 0 Å². The molecule has 0 spiro atoms. The van der Waals surface area contributed by atoms with Crippen LogP contribution in [-0.2, 0) is 4.79 Å². The second-order valence-corrected chi connectivity index (χ2v) is 4.96. The van der Waals surface area contributed by atoms with Gasteiger partial charge in [0.05, 0.1) is 5.92 Å². The van der Waals surface area contributed by atoms with Gasteiger partial charge in [-0.05, 0) is 39.0 Å². The molecule has 3 nitrogen and oxygen atoms in total. The van der Waals surface area contributed by atoms with Crippen LogP contribution in [0.15, 0.2) is 0 Å². The number of hydrogen-bond acceptors (Lipinski definition) is 2. The van der Waals surface area contributed by atoms with Gasteiger partial charge < -0.3 is 5.11 Å². The van der Waals surface area contributed by atoms with Crippen LogP contribution in [0.4, 0.5) is 0 Å². The van der Waals surface area contributed by atoms with Gasteiger partial charge in [-0.3, -0.25) is 9.69 Å². The van der Waals surface area contributed by atoms with Gasteiger partial charge in [0, 0.05) is 18.6 Å². The van der Waals surface area contributed by atoms with E-state index < -0.39 is 5.97 Å². The Morgan fingerprint density at radius 2 is 2.14 bits per heavy atom.